The summed E-state index contributed by atoms with van der Waals surface area (Å²) >= 11 is 0. The first-order valence-electron chi connectivity index (χ1n) is 5.33. The van der Waals surface area contributed by atoms with Crippen molar-refractivity contribution in [3.63, 3.8) is 0 Å². The van der Waals surface area contributed by atoms with E-state index in [1.807, 2.05) is 28.9 Å². The van der Waals surface area contributed by atoms with Crippen LogP contribution < -0.4 is 5.32 Å². The highest BCUT2D eigenvalue weighted by atomic mass is 15.4. The number of para-hydroxylation sites is 1. The average Bonchev–Trinajstić information content (AvgIpc) is 2.69. The average molecular weight is 204 g/mol. The Labute approximate surface area is 89.3 Å². The fraction of sp³-hybridized carbons (Fsp3) is 0.455. The van der Waals surface area contributed by atoms with Gasteiger partial charge in [0.1, 0.15) is 5.52 Å². The fourth-order valence-electron chi connectivity index (χ4n) is 1.42. The molecular formula is C11H16N4. The first kappa shape index (κ1) is 10.1. The van der Waals surface area contributed by atoms with Crippen LogP contribution in [0.15, 0.2) is 24.3 Å². The SMILES string of the molecule is CCC(C)NCn1nnc2ccccc21. The van der Waals surface area contributed by atoms with E-state index in [-0.39, 0.29) is 0 Å². The normalized spacial score (nSPS) is 13.2. The van der Waals surface area contributed by atoms with E-state index in [9.17, 15) is 0 Å². The molecule has 2 aromatic rings. The Bertz CT molecular complexity index is 435. The molecule has 0 amide bonds. The molecule has 0 spiro atoms. The zero-order valence-electron chi connectivity index (χ0n) is 9.14. The zero-order valence-corrected chi connectivity index (χ0v) is 9.14. The number of hydrogen-bond donors (Lipinski definition) is 1. The number of hydrogen-bond acceptors (Lipinski definition) is 3. The Morgan fingerprint density at radius 3 is 3.00 bits per heavy atom. The molecule has 0 saturated heterocycles. The van der Waals surface area contributed by atoms with Crippen molar-refractivity contribution in [3.8, 4) is 0 Å². The van der Waals surface area contributed by atoms with Crippen LogP contribution in [0.1, 0.15) is 20.3 Å². The lowest BCUT2D eigenvalue weighted by molar-refractivity contribution is 0.441. The van der Waals surface area contributed by atoms with Crippen molar-refractivity contribution in [1.29, 1.82) is 0 Å². The summed E-state index contributed by atoms with van der Waals surface area (Å²) in [6, 6.07) is 8.50. The summed E-state index contributed by atoms with van der Waals surface area (Å²) in [6.45, 7) is 5.05. The maximum Gasteiger partial charge on any atom is 0.113 e. The van der Waals surface area contributed by atoms with Crippen molar-refractivity contribution in [2.24, 2.45) is 0 Å². The van der Waals surface area contributed by atoms with E-state index in [4.69, 9.17) is 0 Å². The third-order valence-electron chi connectivity index (χ3n) is 2.62. The van der Waals surface area contributed by atoms with Crippen molar-refractivity contribution in [2.75, 3.05) is 0 Å². The number of aromatic nitrogens is 3. The molecule has 0 aliphatic heterocycles. The molecule has 4 heteroatoms. The van der Waals surface area contributed by atoms with E-state index >= 15 is 0 Å². The van der Waals surface area contributed by atoms with Crippen molar-refractivity contribution in [1.82, 2.24) is 20.3 Å². The van der Waals surface area contributed by atoms with Crippen molar-refractivity contribution >= 4 is 11.0 Å². The molecule has 0 radical (unpaired) electrons. The monoisotopic (exact) mass is 204 g/mol. The van der Waals surface area contributed by atoms with E-state index in [0.29, 0.717) is 6.04 Å². The van der Waals surface area contributed by atoms with Gasteiger partial charge in [-0.15, -0.1) is 5.10 Å². The van der Waals surface area contributed by atoms with Crippen LogP contribution in [0.25, 0.3) is 11.0 Å². The topological polar surface area (TPSA) is 42.7 Å². The number of rotatable bonds is 4. The Morgan fingerprint density at radius 1 is 1.40 bits per heavy atom. The van der Waals surface area contributed by atoms with Crippen LogP contribution in [-0.4, -0.2) is 21.0 Å². The molecule has 0 aliphatic carbocycles. The molecule has 1 aromatic heterocycles. The second kappa shape index (κ2) is 4.40. The fourth-order valence-corrected chi connectivity index (χ4v) is 1.42. The van der Waals surface area contributed by atoms with Gasteiger partial charge in [-0.3, -0.25) is 5.32 Å². The van der Waals surface area contributed by atoms with Gasteiger partial charge in [0.15, 0.2) is 0 Å². The molecule has 0 bridgehead atoms. The Hall–Kier alpha value is -1.42. The second-order valence-electron chi connectivity index (χ2n) is 3.75. The summed E-state index contributed by atoms with van der Waals surface area (Å²) in [4.78, 5) is 0. The van der Waals surface area contributed by atoms with Crippen LogP contribution in [0.4, 0.5) is 0 Å². The first-order valence-corrected chi connectivity index (χ1v) is 5.33. The van der Waals surface area contributed by atoms with Gasteiger partial charge in [0, 0.05) is 6.04 Å². The molecule has 1 atom stereocenters. The van der Waals surface area contributed by atoms with Crippen LogP contribution in [0, 0.1) is 0 Å². The highest BCUT2D eigenvalue weighted by Gasteiger charge is 2.03. The highest BCUT2D eigenvalue weighted by molar-refractivity contribution is 5.73. The van der Waals surface area contributed by atoms with Crippen LogP contribution in [0.2, 0.25) is 0 Å². The lowest BCUT2D eigenvalue weighted by Gasteiger charge is -2.10. The number of benzene rings is 1. The number of nitrogens with one attached hydrogen (secondary N) is 1. The van der Waals surface area contributed by atoms with Gasteiger partial charge in [-0.05, 0) is 25.5 Å². The molecule has 1 N–H and O–H groups in total. The van der Waals surface area contributed by atoms with Gasteiger partial charge < -0.3 is 0 Å². The molecule has 0 fully saturated rings. The smallest absolute Gasteiger partial charge is 0.113 e. The van der Waals surface area contributed by atoms with Crippen molar-refractivity contribution < 1.29 is 0 Å². The quantitative estimate of drug-likeness (QED) is 0.825. The maximum absolute atomic E-state index is 4.11. The molecule has 15 heavy (non-hydrogen) atoms. The third kappa shape index (κ3) is 2.15. The minimum absolute atomic E-state index is 0.507. The van der Waals surface area contributed by atoms with Crippen LogP contribution in [0.5, 0.6) is 0 Å². The summed E-state index contributed by atoms with van der Waals surface area (Å²) in [5.41, 5.74) is 2.02. The van der Waals surface area contributed by atoms with Gasteiger partial charge in [0.2, 0.25) is 0 Å². The second-order valence-corrected chi connectivity index (χ2v) is 3.75. The predicted octanol–water partition coefficient (Wildman–Crippen LogP) is 1.78. The summed E-state index contributed by atoms with van der Waals surface area (Å²) in [7, 11) is 0. The molecule has 0 aliphatic rings. The molecular weight excluding hydrogens is 188 g/mol. The zero-order chi connectivity index (χ0) is 10.7. The van der Waals surface area contributed by atoms with Crippen molar-refractivity contribution in [2.45, 2.75) is 33.0 Å². The van der Waals surface area contributed by atoms with Gasteiger partial charge in [0.05, 0.1) is 12.2 Å². The first-order chi connectivity index (χ1) is 7.31. The summed E-state index contributed by atoms with van der Waals surface area (Å²) in [5, 5.41) is 11.6. The van der Waals surface area contributed by atoms with E-state index in [1.54, 1.807) is 0 Å². The maximum atomic E-state index is 4.11. The Morgan fingerprint density at radius 2 is 2.20 bits per heavy atom. The van der Waals surface area contributed by atoms with Gasteiger partial charge in [-0.25, -0.2) is 4.68 Å². The molecule has 1 heterocycles. The highest BCUT2D eigenvalue weighted by Crippen LogP contribution is 2.08. The third-order valence-corrected chi connectivity index (χ3v) is 2.62. The molecule has 2 rings (SSSR count). The number of fused-ring (bicyclic) bond motifs is 1. The lowest BCUT2D eigenvalue weighted by atomic mass is 10.3. The van der Waals surface area contributed by atoms with Gasteiger partial charge >= 0.3 is 0 Å². The summed E-state index contributed by atoms with van der Waals surface area (Å²) in [6.07, 6.45) is 1.12. The van der Waals surface area contributed by atoms with Gasteiger partial charge in [-0.2, -0.15) is 0 Å². The molecule has 1 aromatic carbocycles. The summed E-state index contributed by atoms with van der Waals surface area (Å²) in [5.74, 6) is 0. The molecule has 80 valence electrons. The summed E-state index contributed by atoms with van der Waals surface area (Å²) < 4.78 is 1.89. The van der Waals surface area contributed by atoms with Crippen LogP contribution >= 0.6 is 0 Å². The Balaban J connectivity index is 2.14. The largest absolute Gasteiger partial charge is 0.296 e. The predicted molar refractivity (Wildman–Crippen MR) is 60.4 cm³/mol. The lowest BCUT2D eigenvalue weighted by Crippen LogP contribution is -2.28. The molecule has 4 nitrogen and oxygen atoms in total. The van der Waals surface area contributed by atoms with E-state index in [1.165, 1.54) is 0 Å². The van der Waals surface area contributed by atoms with Crippen LogP contribution in [-0.2, 0) is 6.67 Å². The van der Waals surface area contributed by atoms with Crippen LogP contribution in [0.3, 0.4) is 0 Å². The number of nitrogens with zero attached hydrogens (tertiary/aromatic N) is 3. The van der Waals surface area contributed by atoms with E-state index in [0.717, 1.165) is 24.1 Å². The standard InChI is InChI=1S/C11H16N4/c1-3-9(2)12-8-15-11-7-5-4-6-10(11)13-14-15/h4-7,9,12H,3,8H2,1-2H3. The van der Waals surface area contributed by atoms with Crippen molar-refractivity contribution in [3.05, 3.63) is 24.3 Å². The Kier molecular flexibility index (Phi) is 2.97. The van der Waals surface area contributed by atoms with Gasteiger partial charge in [0.25, 0.3) is 0 Å². The molecule has 1 unspecified atom stereocenters. The van der Waals surface area contributed by atoms with E-state index < -0.39 is 0 Å². The minimum Gasteiger partial charge on any atom is -0.296 e. The molecule has 0 saturated carbocycles. The minimum atomic E-state index is 0.507. The van der Waals surface area contributed by atoms with E-state index in [2.05, 4.69) is 29.5 Å². The van der Waals surface area contributed by atoms with Gasteiger partial charge in [-0.1, -0.05) is 24.3 Å².